The van der Waals surface area contributed by atoms with E-state index in [0.29, 0.717) is 27.5 Å². The molecule has 0 aliphatic carbocycles. The number of carbonyl (C=O) groups excluding carboxylic acids is 1. The van der Waals surface area contributed by atoms with Crippen molar-refractivity contribution in [1.29, 1.82) is 0 Å². The maximum absolute atomic E-state index is 13.0. The van der Waals surface area contributed by atoms with Crippen LogP contribution in [0.5, 0.6) is 0 Å². The minimum absolute atomic E-state index is 0.124. The number of nitrogens with zero attached hydrogens (tertiary/aromatic N) is 4. The van der Waals surface area contributed by atoms with Crippen LogP contribution in [0.3, 0.4) is 0 Å². The number of halogens is 1. The van der Waals surface area contributed by atoms with Crippen molar-refractivity contribution in [2.75, 3.05) is 24.5 Å². The first-order chi connectivity index (χ1) is 17.9. The van der Waals surface area contributed by atoms with Crippen molar-refractivity contribution in [1.82, 2.24) is 20.3 Å². The van der Waals surface area contributed by atoms with Gasteiger partial charge in [0.05, 0.1) is 21.5 Å². The van der Waals surface area contributed by atoms with E-state index >= 15 is 0 Å². The van der Waals surface area contributed by atoms with Crippen LogP contribution in [0.15, 0.2) is 23.2 Å². The molecule has 2 aliphatic heterocycles. The van der Waals surface area contributed by atoms with Gasteiger partial charge in [0.25, 0.3) is 0 Å². The Hall–Kier alpha value is -2.82. The fraction of sp³-hybridized carbons (Fsp3) is 0.500. The second-order valence-electron chi connectivity index (χ2n) is 9.62. The first-order valence-electron chi connectivity index (χ1n) is 12.9. The average molecular weight is 543 g/mol. The quantitative estimate of drug-likeness (QED) is 0.239. The molecular weight excluding hydrogens is 512 g/mol. The lowest BCUT2D eigenvalue weighted by atomic mass is 9.86. The number of unbranched alkanes of at least 4 members (excludes halogenated alkanes) is 2. The number of benzene rings is 1. The number of carboxylic acid groups (broad SMARTS) is 1. The minimum Gasteiger partial charge on any atom is -0.478 e. The summed E-state index contributed by atoms with van der Waals surface area (Å²) >= 11 is 7.57. The van der Waals surface area contributed by atoms with Gasteiger partial charge >= 0.3 is 5.97 Å². The summed E-state index contributed by atoms with van der Waals surface area (Å²) in [5.74, 6) is -0.665. The number of aliphatic imine (C=N–C) groups is 1. The highest BCUT2D eigenvalue weighted by molar-refractivity contribution is 7.22. The Morgan fingerprint density at radius 3 is 2.84 bits per heavy atom. The van der Waals surface area contributed by atoms with Crippen LogP contribution in [0.25, 0.3) is 10.2 Å². The van der Waals surface area contributed by atoms with Crippen molar-refractivity contribution in [3.8, 4) is 0 Å². The molecule has 5 rings (SSSR count). The Morgan fingerprint density at radius 2 is 2.11 bits per heavy atom. The molecule has 3 unspecified atom stereocenters. The number of aryl methyl sites for hydroxylation is 1. The third-order valence-electron chi connectivity index (χ3n) is 7.18. The van der Waals surface area contributed by atoms with Crippen LogP contribution < -0.4 is 10.2 Å². The third kappa shape index (κ3) is 5.28. The molecule has 4 heterocycles. The van der Waals surface area contributed by atoms with E-state index in [9.17, 15) is 14.7 Å². The van der Waals surface area contributed by atoms with Gasteiger partial charge in [-0.25, -0.2) is 14.8 Å². The molecule has 37 heavy (non-hydrogen) atoms. The van der Waals surface area contributed by atoms with E-state index in [2.05, 4.69) is 32.1 Å². The number of fused-ring (bicyclic) bond motifs is 1. The van der Waals surface area contributed by atoms with E-state index in [1.165, 1.54) is 11.3 Å². The topological polar surface area (TPSA) is 124 Å². The number of thiazole rings is 1. The summed E-state index contributed by atoms with van der Waals surface area (Å²) in [6, 6.07) is 5.21. The highest BCUT2D eigenvalue weighted by atomic mass is 35.5. The first-order valence-corrected chi connectivity index (χ1v) is 14.1. The van der Waals surface area contributed by atoms with Crippen LogP contribution in [-0.4, -0.2) is 69.2 Å². The molecule has 0 spiro atoms. The first kappa shape index (κ1) is 25.8. The highest BCUT2D eigenvalue weighted by Crippen LogP contribution is 2.37. The maximum atomic E-state index is 13.0. The molecule has 196 valence electrons. The number of imidazole rings is 1. The van der Waals surface area contributed by atoms with Gasteiger partial charge in [0.2, 0.25) is 5.78 Å². The Kier molecular flexibility index (Phi) is 7.60. The molecule has 3 atom stereocenters. The zero-order valence-corrected chi connectivity index (χ0v) is 22.5. The summed E-state index contributed by atoms with van der Waals surface area (Å²) < 4.78 is 0.696. The molecule has 0 amide bonds. The van der Waals surface area contributed by atoms with Gasteiger partial charge in [-0.3, -0.25) is 9.79 Å². The van der Waals surface area contributed by atoms with E-state index < -0.39 is 5.97 Å². The molecular formula is C26H31ClN6O3S. The SMILES string of the molecule is CCCCCNC1CN(c2nc3cccc(C(=O)O)c3s2)CCC1C1N=C1C(=O)c1nc(Cl)c(CC)[nH]1. The molecule has 0 radical (unpaired) electrons. The molecule has 0 bridgehead atoms. The average Bonchev–Trinajstić information content (AvgIpc) is 3.41. The molecule has 3 aromatic rings. The van der Waals surface area contributed by atoms with E-state index in [4.69, 9.17) is 16.6 Å². The standard InChI is InChI=1S/C26H31ClN6O3S/c1-3-5-6-11-28-18-13-33(26-30-17-9-7-8-15(25(35)36)22(17)37-26)12-10-14(18)19-20(31-19)21(34)24-29-16(4-2)23(27)32-24/h7-9,14,18-19,28H,3-6,10-13H2,1-2H3,(H,29,32)(H,35,36). The van der Waals surface area contributed by atoms with E-state index in [0.717, 1.165) is 56.1 Å². The fourth-order valence-electron chi connectivity index (χ4n) is 5.10. The molecule has 9 nitrogen and oxygen atoms in total. The normalized spacial score (nSPS) is 21.3. The van der Waals surface area contributed by atoms with Crippen molar-refractivity contribution in [3.63, 3.8) is 0 Å². The molecule has 11 heteroatoms. The number of hydrogen-bond donors (Lipinski definition) is 3. The molecule has 3 N–H and O–H groups in total. The zero-order chi connectivity index (χ0) is 26.1. The number of Topliss-reactive ketones (excluding diaryl/α,β-unsaturated/α-hetero) is 1. The van der Waals surface area contributed by atoms with Crippen molar-refractivity contribution in [3.05, 3.63) is 40.4 Å². The van der Waals surface area contributed by atoms with E-state index in [-0.39, 0.29) is 35.2 Å². The predicted octanol–water partition coefficient (Wildman–Crippen LogP) is 4.61. The van der Waals surface area contributed by atoms with Gasteiger partial charge in [-0.2, -0.15) is 0 Å². The number of piperidine rings is 1. The summed E-state index contributed by atoms with van der Waals surface area (Å²) in [5, 5.41) is 14.5. The minimum atomic E-state index is -0.943. The van der Waals surface area contributed by atoms with Crippen LogP contribution in [-0.2, 0) is 6.42 Å². The van der Waals surface area contributed by atoms with Crippen LogP contribution in [0, 0.1) is 5.92 Å². The van der Waals surface area contributed by atoms with Crippen molar-refractivity contribution in [2.24, 2.45) is 10.9 Å². The van der Waals surface area contributed by atoms with Crippen molar-refractivity contribution < 1.29 is 14.7 Å². The Bertz CT molecular complexity index is 1350. The van der Waals surface area contributed by atoms with E-state index in [1.54, 1.807) is 12.1 Å². The number of anilines is 1. The molecule has 1 fully saturated rings. The maximum Gasteiger partial charge on any atom is 0.337 e. The van der Waals surface area contributed by atoms with Gasteiger partial charge < -0.3 is 20.3 Å². The molecule has 0 saturated carbocycles. The lowest BCUT2D eigenvalue weighted by Crippen LogP contribution is -2.53. The van der Waals surface area contributed by atoms with Crippen LogP contribution in [0.2, 0.25) is 5.15 Å². The molecule has 2 aromatic heterocycles. The Labute approximate surface area is 224 Å². The number of rotatable bonds is 11. The van der Waals surface area contributed by atoms with Gasteiger partial charge in [-0.15, -0.1) is 0 Å². The summed E-state index contributed by atoms with van der Waals surface area (Å²) in [5.41, 5.74) is 2.31. The van der Waals surface area contributed by atoms with Crippen LogP contribution in [0.1, 0.15) is 66.2 Å². The number of aromatic nitrogens is 3. The third-order valence-corrected chi connectivity index (χ3v) is 8.66. The van der Waals surface area contributed by atoms with Crippen LogP contribution >= 0.6 is 22.9 Å². The Morgan fingerprint density at radius 1 is 1.27 bits per heavy atom. The monoisotopic (exact) mass is 542 g/mol. The van der Waals surface area contributed by atoms with Gasteiger partial charge in [-0.05, 0) is 37.9 Å². The predicted molar refractivity (Wildman–Crippen MR) is 147 cm³/mol. The summed E-state index contributed by atoms with van der Waals surface area (Å²) in [6.45, 7) is 6.53. The Balaban J connectivity index is 1.31. The molecule has 1 saturated heterocycles. The second-order valence-corrected chi connectivity index (χ2v) is 11.0. The molecule has 1 aromatic carbocycles. The van der Waals surface area contributed by atoms with Crippen LogP contribution in [0.4, 0.5) is 5.13 Å². The van der Waals surface area contributed by atoms with Crippen molar-refractivity contribution >= 4 is 55.8 Å². The fourth-order valence-corrected chi connectivity index (χ4v) is 6.47. The number of nitrogens with one attached hydrogen (secondary N) is 2. The second kappa shape index (κ2) is 10.9. The number of H-pyrrole nitrogens is 1. The number of aromatic carboxylic acids is 1. The van der Waals surface area contributed by atoms with Gasteiger partial charge in [0.1, 0.15) is 11.8 Å². The zero-order valence-electron chi connectivity index (χ0n) is 21.0. The number of carbonyl (C=O) groups is 2. The number of carboxylic acids is 1. The summed E-state index contributed by atoms with van der Waals surface area (Å²) in [7, 11) is 0. The van der Waals surface area contributed by atoms with Gasteiger partial charge in [0.15, 0.2) is 16.1 Å². The smallest absolute Gasteiger partial charge is 0.337 e. The number of hydrogen-bond acceptors (Lipinski definition) is 8. The summed E-state index contributed by atoms with van der Waals surface area (Å²) in [4.78, 5) is 43.6. The van der Waals surface area contributed by atoms with Crippen molar-refractivity contribution in [2.45, 2.75) is 58.0 Å². The number of aromatic amines is 1. The lowest BCUT2D eigenvalue weighted by Gasteiger charge is -2.39. The lowest BCUT2D eigenvalue weighted by molar-refractivity contribution is 0.0699. The summed E-state index contributed by atoms with van der Waals surface area (Å²) in [6.07, 6.45) is 4.92. The van der Waals surface area contributed by atoms with Gasteiger partial charge in [0, 0.05) is 25.0 Å². The highest BCUT2D eigenvalue weighted by Gasteiger charge is 2.46. The largest absolute Gasteiger partial charge is 0.478 e. The van der Waals surface area contributed by atoms with E-state index in [1.807, 2.05) is 13.0 Å². The van der Waals surface area contributed by atoms with Gasteiger partial charge in [-0.1, -0.05) is 55.7 Å². The molecule has 2 aliphatic rings. The number of ketones is 1.